The van der Waals surface area contributed by atoms with Crippen molar-refractivity contribution in [3.8, 4) is 0 Å². The van der Waals surface area contributed by atoms with Crippen LogP contribution in [0.5, 0.6) is 0 Å². The molecule has 146 valence electrons. The molecule has 1 atom stereocenters. The van der Waals surface area contributed by atoms with Crippen LogP contribution in [0.25, 0.3) is 11.1 Å². The molecule has 9 nitrogen and oxygen atoms in total. The highest BCUT2D eigenvalue weighted by molar-refractivity contribution is 5.88. The van der Waals surface area contributed by atoms with E-state index >= 15 is 0 Å². The fourth-order valence-corrected chi connectivity index (χ4v) is 2.40. The Morgan fingerprint density at radius 1 is 1.26 bits per heavy atom. The molecule has 0 bridgehead atoms. The van der Waals surface area contributed by atoms with Gasteiger partial charge in [-0.2, -0.15) is 0 Å². The zero-order valence-electron chi connectivity index (χ0n) is 15.3. The molecule has 27 heavy (non-hydrogen) atoms. The first-order valence-electron chi connectivity index (χ1n) is 8.73. The van der Waals surface area contributed by atoms with Crippen LogP contribution in [0, 0.1) is 0 Å². The third kappa shape index (κ3) is 5.70. The van der Waals surface area contributed by atoms with Gasteiger partial charge in [0, 0.05) is 13.1 Å². The summed E-state index contributed by atoms with van der Waals surface area (Å²) < 4.78 is 11.3. The van der Waals surface area contributed by atoms with Crippen molar-refractivity contribution < 1.29 is 23.5 Å². The first kappa shape index (κ1) is 20.2. The number of carbonyl (C=O) groups is 3. The molecule has 0 aliphatic heterocycles. The minimum absolute atomic E-state index is 0.0755. The number of aromatic nitrogens is 1. The molecule has 1 aromatic heterocycles. The van der Waals surface area contributed by atoms with Crippen molar-refractivity contribution in [3.05, 3.63) is 34.8 Å². The normalized spacial score (nSPS) is 11.8. The van der Waals surface area contributed by atoms with E-state index in [4.69, 9.17) is 9.15 Å². The van der Waals surface area contributed by atoms with Crippen molar-refractivity contribution in [2.24, 2.45) is 0 Å². The van der Waals surface area contributed by atoms with Gasteiger partial charge < -0.3 is 19.8 Å². The van der Waals surface area contributed by atoms with Gasteiger partial charge in [0.25, 0.3) is 5.91 Å². The molecule has 2 aromatic rings. The quantitative estimate of drug-likeness (QED) is 0.616. The topological polar surface area (TPSA) is 120 Å². The van der Waals surface area contributed by atoms with Gasteiger partial charge >= 0.3 is 11.7 Å². The first-order valence-corrected chi connectivity index (χ1v) is 8.73. The van der Waals surface area contributed by atoms with E-state index in [1.807, 2.05) is 6.92 Å². The lowest BCUT2D eigenvalue weighted by Gasteiger charge is -2.13. The summed E-state index contributed by atoms with van der Waals surface area (Å²) in [6, 6.07) is 6.15. The second kappa shape index (κ2) is 9.56. The lowest BCUT2D eigenvalue weighted by atomic mass is 10.3. The first-order chi connectivity index (χ1) is 12.9. The number of rotatable bonds is 9. The minimum Gasteiger partial charge on any atom is -0.456 e. The van der Waals surface area contributed by atoms with E-state index < -0.39 is 30.3 Å². The fraction of sp³-hybridized carbons (Fsp3) is 0.444. The molecular formula is C18H23N3O6. The van der Waals surface area contributed by atoms with Crippen LogP contribution in [-0.2, 0) is 25.7 Å². The summed E-state index contributed by atoms with van der Waals surface area (Å²) in [5.41, 5.74) is 1.02. The maximum atomic E-state index is 11.8. The van der Waals surface area contributed by atoms with Crippen molar-refractivity contribution in [1.82, 2.24) is 15.2 Å². The molecule has 1 heterocycles. The number of esters is 1. The van der Waals surface area contributed by atoms with Gasteiger partial charge in [-0.3, -0.25) is 19.0 Å². The highest BCUT2D eigenvalue weighted by atomic mass is 16.5. The number of carbonyl (C=O) groups excluding carboxylic acids is 3. The number of nitrogens with one attached hydrogen (secondary N) is 2. The van der Waals surface area contributed by atoms with Crippen LogP contribution in [0.1, 0.15) is 26.7 Å². The summed E-state index contributed by atoms with van der Waals surface area (Å²) in [7, 11) is 0. The SMILES string of the molecule is CCCNC(=O)[C@H](C)NC(=O)COC(=O)CCn1c(=O)oc2ccccc21. The average molecular weight is 377 g/mol. The lowest BCUT2D eigenvalue weighted by Crippen LogP contribution is -2.46. The Morgan fingerprint density at radius 3 is 2.74 bits per heavy atom. The third-order valence-electron chi connectivity index (χ3n) is 3.80. The van der Waals surface area contributed by atoms with Gasteiger partial charge in [0.1, 0.15) is 6.04 Å². The van der Waals surface area contributed by atoms with Crippen molar-refractivity contribution in [3.63, 3.8) is 0 Å². The molecule has 0 radical (unpaired) electrons. The Balaban J connectivity index is 1.77. The summed E-state index contributed by atoms with van der Waals surface area (Å²) in [5.74, 6) is -2.07. The number of ether oxygens (including phenoxy) is 1. The van der Waals surface area contributed by atoms with E-state index in [0.29, 0.717) is 17.6 Å². The van der Waals surface area contributed by atoms with Crippen molar-refractivity contribution in [1.29, 1.82) is 0 Å². The molecule has 2 N–H and O–H groups in total. The van der Waals surface area contributed by atoms with E-state index in [1.54, 1.807) is 31.2 Å². The maximum absolute atomic E-state index is 11.8. The smallest absolute Gasteiger partial charge is 0.419 e. The summed E-state index contributed by atoms with van der Waals surface area (Å²) in [6.07, 6.45) is 0.697. The van der Waals surface area contributed by atoms with Gasteiger partial charge in [0.2, 0.25) is 5.91 Å². The Labute approximate surface area is 155 Å². The molecule has 1 aromatic carbocycles. The molecule has 0 fully saturated rings. The third-order valence-corrected chi connectivity index (χ3v) is 3.80. The predicted octanol–water partition coefficient (Wildman–Crippen LogP) is 0.559. The molecule has 0 aliphatic rings. The lowest BCUT2D eigenvalue weighted by molar-refractivity contribution is -0.149. The minimum atomic E-state index is -0.723. The van der Waals surface area contributed by atoms with E-state index in [1.165, 1.54) is 4.57 Å². The van der Waals surface area contributed by atoms with Gasteiger partial charge in [-0.15, -0.1) is 0 Å². The van der Waals surface area contributed by atoms with Crippen LogP contribution in [0.15, 0.2) is 33.5 Å². The largest absolute Gasteiger partial charge is 0.456 e. The average Bonchev–Trinajstić information content (AvgIpc) is 2.97. The van der Waals surface area contributed by atoms with Crippen LogP contribution in [0.4, 0.5) is 0 Å². The highest BCUT2D eigenvalue weighted by Gasteiger charge is 2.16. The fourth-order valence-electron chi connectivity index (χ4n) is 2.40. The van der Waals surface area contributed by atoms with Crippen molar-refractivity contribution in [2.45, 2.75) is 39.3 Å². The van der Waals surface area contributed by atoms with E-state index in [-0.39, 0.29) is 18.9 Å². The number of nitrogens with zero attached hydrogens (tertiary/aromatic N) is 1. The number of amides is 2. The van der Waals surface area contributed by atoms with Crippen LogP contribution >= 0.6 is 0 Å². The Hall–Kier alpha value is -3.10. The Kier molecular flexibility index (Phi) is 7.16. The molecular weight excluding hydrogens is 354 g/mol. The molecule has 0 unspecified atom stereocenters. The summed E-state index contributed by atoms with van der Waals surface area (Å²) in [6.45, 7) is 3.57. The number of hydrogen-bond acceptors (Lipinski definition) is 6. The number of oxazole rings is 1. The molecule has 2 rings (SSSR count). The molecule has 0 saturated heterocycles. The summed E-state index contributed by atoms with van der Waals surface area (Å²) >= 11 is 0. The van der Waals surface area contributed by atoms with E-state index in [0.717, 1.165) is 6.42 Å². The number of fused-ring (bicyclic) bond motifs is 1. The van der Waals surface area contributed by atoms with E-state index in [2.05, 4.69) is 10.6 Å². The molecule has 2 amide bonds. The van der Waals surface area contributed by atoms with E-state index in [9.17, 15) is 19.2 Å². The number of benzene rings is 1. The number of aryl methyl sites for hydroxylation is 1. The Bertz CT molecular complexity index is 869. The van der Waals surface area contributed by atoms with Gasteiger partial charge in [-0.1, -0.05) is 19.1 Å². The number of para-hydroxylation sites is 2. The Morgan fingerprint density at radius 2 is 2.00 bits per heavy atom. The molecule has 0 saturated carbocycles. The molecule has 0 spiro atoms. The van der Waals surface area contributed by atoms with Crippen LogP contribution in [0.2, 0.25) is 0 Å². The van der Waals surface area contributed by atoms with Crippen molar-refractivity contribution in [2.75, 3.05) is 13.2 Å². The maximum Gasteiger partial charge on any atom is 0.419 e. The zero-order chi connectivity index (χ0) is 19.8. The van der Waals surface area contributed by atoms with Gasteiger partial charge in [0.05, 0.1) is 11.9 Å². The standard InChI is InChI=1S/C18H23N3O6/c1-3-9-19-17(24)12(2)20-15(22)11-26-16(23)8-10-21-13-6-4-5-7-14(13)27-18(21)25/h4-7,12H,3,8-11H2,1-2H3,(H,19,24)(H,20,22)/t12-/m0/s1. The molecule has 9 heteroatoms. The van der Waals surface area contributed by atoms with Crippen LogP contribution < -0.4 is 16.4 Å². The second-order valence-corrected chi connectivity index (χ2v) is 5.98. The van der Waals surface area contributed by atoms with Crippen LogP contribution in [0.3, 0.4) is 0 Å². The summed E-state index contributed by atoms with van der Waals surface area (Å²) in [4.78, 5) is 47.1. The van der Waals surface area contributed by atoms with Crippen molar-refractivity contribution >= 4 is 28.9 Å². The van der Waals surface area contributed by atoms with Gasteiger partial charge in [0.15, 0.2) is 12.2 Å². The predicted molar refractivity (Wildman–Crippen MR) is 97.0 cm³/mol. The van der Waals surface area contributed by atoms with Crippen LogP contribution in [-0.4, -0.2) is 41.5 Å². The summed E-state index contributed by atoms with van der Waals surface area (Å²) in [5, 5.41) is 5.10. The molecule has 0 aliphatic carbocycles. The highest BCUT2D eigenvalue weighted by Crippen LogP contribution is 2.12. The zero-order valence-corrected chi connectivity index (χ0v) is 15.3. The monoisotopic (exact) mass is 377 g/mol. The number of hydrogen-bond donors (Lipinski definition) is 2. The second-order valence-electron chi connectivity index (χ2n) is 5.98. The van der Waals surface area contributed by atoms with Gasteiger partial charge in [-0.25, -0.2) is 4.79 Å². The van der Waals surface area contributed by atoms with Gasteiger partial charge in [-0.05, 0) is 25.5 Å².